The lowest BCUT2D eigenvalue weighted by Crippen LogP contribution is -2.38. The SMILES string of the molecule is C[C@H](OC(=O)Cn1nc(-c2ccccc2)oc1=O)C(=O)N(C)CCC#N. The average molecular weight is 358 g/mol. The van der Waals surface area contributed by atoms with Gasteiger partial charge in [-0.15, -0.1) is 5.10 Å². The van der Waals surface area contributed by atoms with Crippen LogP contribution in [0.4, 0.5) is 0 Å². The van der Waals surface area contributed by atoms with Gasteiger partial charge in [-0.3, -0.25) is 9.59 Å². The molecular weight excluding hydrogens is 340 g/mol. The second-order valence-corrected chi connectivity index (χ2v) is 5.50. The normalized spacial score (nSPS) is 11.4. The number of ether oxygens (including phenoxy) is 1. The Morgan fingerprint density at radius 2 is 2.08 bits per heavy atom. The van der Waals surface area contributed by atoms with Gasteiger partial charge in [0, 0.05) is 19.2 Å². The van der Waals surface area contributed by atoms with Crippen LogP contribution in [-0.4, -0.2) is 46.3 Å². The van der Waals surface area contributed by atoms with Gasteiger partial charge in [0.05, 0.1) is 12.5 Å². The van der Waals surface area contributed by atoms with Crippen LogP contribution in [0.2, 0.25) is 0 Å². The minimum absolute atomic E-state index is 0.0868. The van der Waals surface area contributed by atoms with Gasteiger partial charge in [0.1, 0.15) is 6.54 Å². The van der Waals surface area contributed by atoms with Crippen LogP contribution >= 0.6 is 0 Å². The highest BCUT2D eigenvalue weighted by atomic mass is 16.5. The van der Waals surface area contributed by atoms with Gasteiger partial charge in [0.25, 0.3) is 5.91 Å². The molecule has 0 N–H and O–H groups in total. The van der Waals surface area contributed by atoms with Crippen molar-refractivity contribution < 1.29 is 18.7 Å². The summed E-state index contributed by atoms with van der Waals surface area (Å²) in [7, 11) is 1.51. The molecule has 26 heavy (non-hydrogen) atoms. The third-order valence-electron chi connectivity index (χ3n) is 3.50. The van der Waals surface area contributed by atoms with Crippen molar-refractivity contribution in [2.24, 2.45) is 0 Å². The molecule has 136 valence electrons. The number of nitriles is 1. The number of carbonyl (C=O) groups excluding carboxylic acids is 2. The van der Waals surface area contributed by atoms with E-state index in [0.29, 0.717) is 5.56 Å². The lowest BCUT2D eigenvalue weighted by Gasteiger charge is -2.20. The molecule has 1 aromatic carbocycles. The molecule has 9 heteroatoms. The highest BCUT2D eigenvalue weighted by Gasteiger charge is 2.22. The molecule has 1 atom stereocenters. The van der Waals surface area contributed by atoms with Gasteiger partial charge in [-0.25, -0.2) is 4.79 Å². The summed E-state index contributed by atoms with van der Waals surface area (Å²) in [5.41, 5.74) is 0.597. The van der Waals surface area contributed by atoms with Crippen molar-refractivity contribution in [1.82, 2.24) is 14.7 Å². The maximum atomic E-state index is 12.0. The third kappa shape index (κ3) is 4.80. The van der Waals surface area contributed by atoms with Crippen molar-refractivity contribution >= 4 is 11.9 Å². The smallest absolute Gasteiger partial charge is 0.437 e. The van der Waals surface area contributed by atoms with Crippen molar-refractivity contribution in [3.05, 3.63) is 40.9 Å². The zero-order valence-electron chi connectivity index (χ0n) is 14.4. The first-order valence-corrected chi connectivity index (χ1v) is 7.87. The summed E-state index contributed by atoms with van der Waals surface area (Å²) in [5.74, 6) is -1.95. The third-order valence-corrected chi connectivity index (χ3v) is 3.50. The molecular formula is C17H18N4O5. The lowest BCUT2D eigenvalue weighted by atomic mass is 10.2. The fourth-order valence-corrected chi connectivity index (χ4v) is 2.15. The van der Waals surface area contributed by atoms with Crippen molar-refractivity contribution in [3.8, 4) is 17.5 Å². The fourth-order valence-electron chi connectivity index (χ4n) is 2.15. The standard InChI is InChI=1S/C17H18N4O5/c1-12(16(23)20(2)10-6-9-18)25-14(22)11-21-17(24)26-15(19-21)13-7-4-3-5-8-13/h3-5,7-8,12H,6,10-11H2,1-2H3/t12-/m0/s1. The predicted molar refractivity (Wildman–Crippen MR) is 89.6 cm³/mol. The summed E-state index contributed by atoms with van der Waals surface area (Å²) in [4.78, 5) is 37.1. The van der Waals surface area contributed by atoms with Crippen molar-refractivity contribution in [3.63, 3.8) is 0 Å². The largest absolute Gasteiger partial charge is 0.451 e. The van der Waals surface area contributed by atoms with Gasteiger partial charge in [0.15, 0.2) is 6.10 Å². The first kappa shape index (κ1) is 18.9. The molecule has 0 aliphatic carbocycles. The first-order chi connectivity index (χ1) is 12.4. The summed E-state index contributed by atoms with van der Waals surface area (Å²) in [6.07, 6.45) is -0.859. The number of carbonyl (C=O) groups is 2. The summed E-state index contributed by atoms with van der Waals surface area (Å²) < 4.78 is 10.9. The van der Waals surface area contributed by atoms with Gasteiger partial charge in [0.2, 0.25) is 5.89 Å². The molecule has 0 aliphatic heterocycles. The molecule has 9 nitrogen and oxygen atoms in total. The highest BCUT2D eigenvalue weighted by Crippen LogP contribution is 2.13. The topological polar surface area (TPSA) is 118 Å². The van der Waals surface area contributed by atoms with Crippen LogP contribution < -0.4 is 5.76 Å². The highest BCUT2D eigenvalue weighted by molar-refractivity contribution is 5.83. The van der Waals surface area contributed by atoms with Crippen LogP contribution in [0.1, 0.15) is 13.3 Å². The minimum Gasteiger partial charge on any atom is -0.451 e. The number of hydrogen-bond donors (Lipinski definition) is 0. The van der Waals surface area contributed by atoms with Gasteiger partial charge in [-0.2, -0.15) is 9.94 Å². The van der Waals surface area contributed by atoms with Crippen molar-refractivity contribution in [1.29, 1.82) is 5.26 Å². The van der Waals surface area contributed by atoms with Gasteiger partial charge in [-0.05, 0) is 19.1 Å². The Hall–Kier alpha value is -3.41. The Kier molecular flexibility index (Phi) is 6.27. The molecule has 0 saturated carbocycles. The molecule has 2 aromatic rings. The molecule has 0 saturated heterocycles. The van der Waals surface area contributed by atoms with Crippen LogP contribution in [0, 0.1) is 11.3 Å². The number of aromatic nitrogens is 2. The zero-order valence-corrected chi connectivity index (χ0v) is 14.4. The monoisotopic (exact) mass is 358 g/mol. The summed E-state index contributed by atoms with van der Waals surface area (Å²) in [5, 5.41) is 12.5. The number of nitrogens with zero attached hydrogens (tertiary/aromatic N) is 4. The summed E-state index contributed by atoms with van der Waals surface area (Å²) >= 11 is 0. The average Bonchev–Trinajstić information content (AvgIpc) is 3.00. The quantitative estimate of drug-likeness (QED) is 0.672. The Morgan fingerprint density at radius 1 is 1.38 bits per heavy atom. The molecule has 0 spiro atoms. The number of benzene rings is 1. The van der Waals surface area contributed by atoms with E-state index in [4.69, 9.17) is 14.4 Å². The Balaban J connectivity index is 1.98. The van der Waals surface area contributed by atoms with E-state index in [2.05, 4.69) is 5.10 Å². The molecule has 0 unspecified atom stereocenters. The van der Waals surface area contributed by atoms with Crippen LogP contribution in [0.5, 0.6) is 0 Å². The van der Waals surface area contributed by atoms with Gasteiger partial charge >= 0.3 is 11.7 Å². The van der Waals surface area contributed by atoms with Gasteiger partial charge < -0.3 is 14.1 Å². The van der Waals surface area contributed by atoms with E-state index in [1.807, 2.05) is 12.1 Å². The maximum absolute atomic E-state index is 12.0. The van der Waals surface area contributed by atoms with E-state index in [1.165, 1.54) is 18.9 Å². The summed E-state index contributed by atoms with van der Waals surface area (Å²) in [6.45, 7) is 1.18. The van der Waals surface area contributed by atoms with Crippen LogP contribution in [0.25, 0.3) is 11.5 Å². The second-order valence-electron chi connectivity index (χ2n) is 5.50. The molecule has 0 fully saturated rings. The van der Waals surface area contributed by atoms with Crippen molar-refractivity contribution in [2.75, 3.05) is 13.6 Å². The molecule has 0 aliphatic rings. The fraction of sp³-hybridized carbons (Fsp3) is 0.353. The van der Waals surface area contributed by atoms with Gasteiger partial charge in [-0.1, -0.05) is 18.2 Å². The van der Waals surface area contributed by atoms with Crippen LogP contribution in [0.15, 0.2) is 39.5 Å². The maximum Gasteiger partial charge on any atom is 0.437 e. The minimum atomic E-state index is -1.04. The first-order valence-electron chi connectivity index (χ1n) is 7.87. The summed E-state index contributed by atoms with van der Waals surface area (Å²) in [6, 6.07) is 10.7. The lowest BCUT2D eigenvalue weighted by molar-refractivity contribution is -0.159. The number of hydrogen-bond acceptors (Lipinski definition) is 7. The van der Waals surface area contributed by atoms with E-state index in [9.17, 15) is 14.4 Å². The molecule has 1 heterocycles. The Morgan fingerprint density at radius 3 is 2.73 bits per heavy atom. The van der Waals surface area contributed by atoms with E-state index < -0.39 is 30.3 Å². The number of rotatable bonds is 7. The van der Waals surface area contributed by atoms with E-state index in [1.54, 1.807) is 24.3 Å². The van der Waals surface area contributed by atoms with Crippen molar-refractivity contribution in [2.45, 2.75) is 26.0 Å². The predicted octanol–water partition coefficient (Wildman–Crippen LogP) is 0.807. The van der Waals surface area contributed by atoms with Crippen LogP contribution in [-0.2, 0) is 20.9 Å². The molecule has 2 rings (SSSR count). The van der Waals surface area contributed by atoms with E-state index >= 15 is 0 Å². The van der Waals surface area contributed by atoms with Crippen LogP contribution in [0.3, 0.4) is 0 Å². The Bertz CT molecular complexity index is 865. The molecule has 1 amide bonds. The molecule has 1 aromatic heterocycles. The van der Waals surface area contributed by atoms with E-state index in [-0.39, 0.29) is 18.9 Å². The molecule has 0 bridgehead atoms. The number of amides is 1. The van der Waals surface area contributed by atoms with E-state index in [0.717, 1.165) is 4.68 Å². The number of esters is 1. The Labute approximate surface area is 149 Å². The molecule has 0 radical (unpaired) electrons. The second kappa shape index (κ2) is 8.62. The number of likely N-dealkylation sites (N-methyl/N-ethyl adjacent to an activating group) is 1. The zero-order chi connectivity index (χ0) is 19.1.